The van der Waals surface area contributed by atoms with Gasteiger partial charge < -0.3 is 5.73 Å². The highest BCUT2D eigenvalue weighted by Gasteiger charge is 2.22. The van der Waals surface area contributed by atoms with E-state index >= 15 is 0 Å². The summed E-state index contributed by atoms with van der Waals surface area (Å²) in [5, 5.41) is 0. The predicted octanol–water partition coefficient (Wildman–Crippen LogP) is 4.61. The van der Waals surface area contributed by atoms with E-state index in [4.69, 9.17) is 5.73 Å². The molecular formula is C18H29N. The van der Waals surface area contributed by atoms with Gasteiger partial charge in [0.15, 0.2) is 0 Å². The maximum atomic E-state index is 5.66. The average molecular weight is 259 g/mol. The quantitative estimate of drug-likeness (QED) is 0.843. The molecule has 0 atom stereocenters. The molecule has 19 heavy (non-hydrogen) atoms. The Hall–Kier alpha value is -0.820. The zero-order valence-electron chi connectivity index (χ0n) is 12.8. The van der Waals surface area contributed by atoms with Crippen molar-refractivity contribution in [3.8, 4) is 0 Å². The van der Waals surface area contributed by atoms with Gasteiger partial charge in [-0.05, 0) is 67.0 Å². The van der Waals surface area contributed by atoms with Crippen LogP contribution in [0.15, 0.2) is 24.3 Å². The summed E-state index contributed by atoms with van der Waals surface area (Å²) in [5.74, 6) is 1.66. The first kappa shape index (κ1) is 14.6. The van der Waals surface area contributed by atoms with Crippen LogP contribution in [0.2, 0.25) is 0 Å². The van der Waals surface area contributed by atoms with E-state index in [0.717, 1.165) is 18.4 Å². The average Bonchev–Trinajstić information content (AvgIpc) is 2.39. The molecule has 1 aromatic rings. The van der Waals surface area contributed by atoms with Crippen LogP contribution in [0.25, 0.3) is 0 Å². The van der Waals surface area contributed by atoms with Crippen molar-refractivity contribution in [3.63, 3.8) is 0 Å². The molecule has 1 nitrogen and oxygen atoms in total. The predicted molar refractivity (Wildman–Crippen MR) is 83.5 cm³/mol. The van der Waals surface area contributed by atoms with Gasteiger partial charge in [0, 0.05) is 0 Å². The van der Waals surface area contributed by atoms with Crippen LogP contribution in [0.4, 0.5) is 0 Å². The van der Waals surface area contributed by atoms with Crippen LogP contribution in [0, 0.1) is 5.92 Å². The Morgan fingerprint density at radius 3 is 2.05 bits per heavy atom. The third-order valence-electron chi connectivity index (χ3n) is 4.67. The van der Waals surface area contributed by atoms with Gasteiger partial charge in [0.05, 0.1) is 0 Å². The summed E-state index contributed by atoms with van der Waals surface area (Å²) in [7, 11) is 0. The standard InChI is InChI=1S/C18H29N/c1-18(2,3)17-10-8-16(9-11-17)15-6-4-14(5-7-15)12-13-19/h8-11,14-15H,4-7,12-13,19H2,1-3H3. The first-order valence-electron chi connectivity index (χ1n) is 7.81. The Morgan fingerprint density at radius 1 is 1.00 bits per heavy atom. The molecule has 1 aliphatic carbocycles. The van der Waals surface area contributed by atoms with E-state index in [1.807, 2.05) is 0 Å². The highest BCUT2D eigenvalue weighted by Crippen LogP contribution is 2.37. The monoisotopic (exact) mass is 259 g/mol. The number of rotatable bonds is 3. The molecule has 0 radical (unpaired) electrons. The summed E-state index contributed by atoms with van der Waals surface area (Å²) in [6.45, 7) is 7.69. The van der Waals surface area contributed by atoms with E-state index in [1.165, 1.54) is 37.7 Å². The van der Waals surface area contributed by atoms with E-state index in [9.17, 15) is 0 Å². The van der Waals surface area contributed by atoms with Crippen LogP contribution in [-0.2, 0) is 5.41 Å². The third kappa shape index (κ3) is 3.82. The molecule has 2 N–H and O–H groups in total. The second-order valence-electron chi connectivity index (χ2n) is 7.17. The van der Waals surface area contributed by atoms with Gasteiger partial charge in [0.2, 0.25) is 0 Å². The Kier molecular flexibility index (Phi) is 4.67. The van der Waals surface area contributed by atoms with Crippen molar-refractivity contribution in [2.45, 2.75) is 64.2 Å². The zero-order valence-corrected chi connectivity index (χ0v) is 12.8. The first-order valence-corrected chi connectivity index (χ1v) is 7.81. The second kappa shape index (κ2) is 6.09. The van der Waals surface area contributed by atoms with Gasteiger partial charge in [-0.15, -0.1) is 0 Å². The van der Waals surface area contributed by atoms with E-state index in [1.54, 1.807) is 5.56 Å². The molecule has 0 saturated heterocycles. The molecule has 1 aliphatic rings. The van der Waals surface area contributed by atoms with Crippen LogP contribution in [0.1, 0.15) is 69.9 Å². The van der Waals surface area contributed by atoms with Crippen molar-refractivity contribution in [3.05, 3.63) is 35.4 Å². The molecule has 0 aliphatic heterocycles. The number of nitrogens with two attached hydrogens (primary N) is 1. The lowest BCUT2D eigenvalue weighted by Crippen LogP contribution is -2.17. The fourth-order valence-electron chi connectivity index (χ4n) is 3.28. The van der Waals surface area contributed by atoms with Crippen LogP contribution >= 0.6 is 0 Å². The van der Waals surface area contributed by atoms with Gasteiger partial charge in [0.1, 0.15) is 0 Å². The van der Waals surface area contributed by atoms with Crippen molar-refractivity contribution in [1.29, 1.82) is 0 Å². The minimum absolute atomic E-state index is 0.261. The molecule has 0 bridgehead atoms. The van der Waals surface area contributed by atoms with Gasteiger partial charge in [-0.3, -0.25) is 0 Å². The molecule has 1 aromatic carbocycles. The minimum Gasteiger partial charge on any atom is -0.330 e. The maximum Gasteiger partial charge on any atom is -0.00746 e. The van der Waals surface area contributed by atoms with Gasteiger partial charge >= 0.3 is 0 Å². The molecular weight excluding hydrogens is 230 g/mol. The molecule has 0 spiro atoms. The number of hydrogen-bond donors (Lipinski definition) is 1. The van der Waals surface area contributed by atoms with Crippen LogP contribution < -0.4 is 5.73 Å². The molecule has 1 heteroatoms. The van der Waals surface area contributed by atoms with Crippen LogP contribution in [0.3, 0.4) is 0 Å². The highest BCUT2D eigenvalue weighted by atomic mass is 14.5. The minimum atomic E-state index is 0.261. The van der Waals surface area contributed by atoms with Crippen molar-refractivity contribution >= 4 is 0 Å². The van der Waals surface area contributed by atoms with Gasteiger partial charge in [-0.25, -0.2) is 0 Å². The Bertz CT molecular complexity index is 377. The van der Waals surface area contributed by atoms with Crippen LogP contribution in [0.5, 0.6) is 0 Å². The molecule has 1 saturated carbocycles. The Balaban J connectivity index is 1.97. The summed E-state index contributed by atoms with van der Waals surface area (Å²) in [5.41, 5.74) is 8.90. The summed E-state index contributed by atoms with van der Waals surface area (Å²) in [4.78, 5) is 0. The summed E-state index contributed by atoms with van der Waals surface area (Å²) < 4.78 is 0. The van der Waals surface area contributed by atoms with Crippen molar-refractivity contribution in [1.82, 2.24) is 0 Å². The number of hydrogen-bond acceptors (Lipinski definition) is 1. The first-order chi connectivity index (χ1) is 9.00. The molecule has 1 fully saturated rings. The van der Waals surface area contributed by atoms with Gasteiger partial charge in [0.25, 0.3) is 0 Å². The van der Waals surface area contributed by atoms with Crippen molar-refractivity contribution < 1.29 is 0 Å². The lowest BCUT2D eigenvalue weighted by Gasteiger charge is -2.29. The number of benzene rings is 1. The van der Waals surface area contributed by atoms with Crippen LogP contribution in [-0.4, -0.2) is 6.54 Å². The van der Waals surface area contributed by atoms with E-state index in [0.29, 0.717) is 0 Å². The van der Waals surface area contributed by atoms with E-state index < -0.39 is 0 Å². The lowest BCUT2D eigenvalue weighted by molar-refractivity contribution is 0.313. The molecule has 0 heterocycles. The summed E-state index contributed by atoms with van der Waals surface area (Å²) >= 11 is 0. The SMILES string of the molecule is CC(C)(C)c1ccc(C2CCC(CCN)CC2)cc1. The van der Waals surface area contributed by atoms with Crippen molar-refractivity contribution in [2.75, 3.05) is 6.54 Å². The largest absolute Gasteiger partial charge is 0.330 e. The third-order valence-corrected chi connectivity index (χ3v) is 4.67. The summed E-state index contributed by atoms with van der Waals surface area (Å²) in [6, 6.07) is 9.35. The second-order valence-corrected chi connectivity index (χ2v) is 7.17. The topological polar surface area (TPSA) is 26.0 Å². The molecule has 2 rings (SSSR count). The van der Waals surface area contributed by atoms with Crippen molar-refractivity contribution in [2.24, 2.45) is 11.7 Å². The Labute approximate surface area is 118 Å². The fraction of sp³-hybridized carbons (Fsp3) is 0.667. The van der Waals surface area contributed by atoms with E-state index in [-0.39, 0.29) is 5.41 Å². The molecule has 0 unspecified atom stereocenters. The Morgan fingerprint density at radius 2 is 1.58 bits per heavy atom. The molecule has 106 valence electrons. The normalized spacial score (nSPS) is 24.4. The highest BCUT2D eigenvalue weighted by molar-refractivity contribution is 5.29. The molecule has 0 aromatic heterocycles. The molecule has 0 amide bonds. The smallest absolute Gasteiger partial charge is 0.00746 e. The lowest BCUT2D eigenvalue weighted by atomic mass is 9.77. The fourth-order valence-corrected chi connectivity index (χ4v) is 3.28. The van der Waals surface area contributed by atoms with Gasteiger partial charge in [-0.2, -0.15) is 0 Å². The maximum absolute atomic E-state index is 5.66. The van der Waals surface area contributed by atoms with E-state index in [2.05, 4.69) is 45.0 Å². The van der Waals surface area contributed by atoms with Gasteiger partial charge in [-0.1, -0.05) is 45.0 Å². The zero-order chi connectivity index (χ0) is 13.9. The summed E-state index contributed by atoms with van der Waals surface area (Å²) in [6.07, 6.45) is 6.64.